The summed E-state index contributed by atoms with van der Waals surface area (Å²) >= 11 is 4.13. The van der Waals surface area contributed by atoms with Crippen molar-refractivity contribution in [1.29, 1.82) is 0 Å². The third-order valence-electron chi connectivity index (χ3n) is 1.55. The second-order valence-electron chi connectivity index (χ2n) is 3.05. The number of hydrogen-bond acceptors (Lipinski definition) is 4. The Balaban J connectivity index is 3.50. The van der Waals surface area contributed by atoms with Crippen LogP contribution in [0.15, 0.2) is 0 Å². The molecule has 1 unspecified atom stereocenters. The van der Waals surface area contributed by atoms with Crippen LogP contribution in [0.25, 0.3) is 0 Å². The van der Waals surface area contributed by atoms with Gasteiger partial charge in [0.2, 0.25) is 0 Å². The van der Waals surface area contributed by atoms with Crippen molar-refractivity contribution < 1.29 is 14.3 Å². The number of ether oxygens (including phenoxy) is 2. The molecule has 3 nitrogen and oxygen atoms in total. The fourth-order valence-electron chi connectivity index (χ4n) is 0.703. The van der Waals surface area contributed by atoms with Gasteiger partial charge in [-0.3, -0.25) is 4.79 Å². The summed E-state index contributed by atoms with van der Waals surface area (Å²) in [5, 5.41) is -0.332. The third-order valence-corrected chi connectivity index (χ3v) is 2.36. The van der Waals surface area contributed by atoms with Gasteiger partial charge in [0.15, 0.2) is 0 Å². The summed E-state index contributed by atoms with van der Waals surface area (Å²) in [6.07, 6.45) is 0. The van der Waals surface area contributed by atoms with Crippen LogP contribution in [-0.2, 0) is 14.3 Å². The van der Waals surface area contributed by atoms with Gasteiger partial charge < -0.3 is 9.47 Å². The van der Waals surface area contributed by atoms with E-state index in [1.165, 1.54) is 0 Å². The average molecular weight is 206 g/mol. The topological polar surface area (TPSA) is 35.5 Å². The summed E-state index contributed by atoms with van der Waals surface area (Å²) in [6.45, 7) is 7.18. The minimum atomic E-state index is -0.332. The van der Waals surface area contributed by atoms with Crippen molar-refractivity contribution in [2.45, 2.75) is 26.0 Å². The molecule has 0 fully saturated rings. The lowest BCUT2D eigenvalue weighted by Crippen LogP contribution is -2.24. The second-order valence-corrected chi connectivity index (χ2v) is 3.61. The molecule has 0 aliphatic rings. The molecular weight excluding hydrogens is 188 g/mol. The molecule has 0 aromatic heterocycles. The summed E-state index contributed by atoms with van der Waals surface area (Å²) in [5.74, 6) is -0.0686. The zero-order valence-electron chi connectivity index (χ0n) is 8.45. The van der Waals surface area contributed by atoms with E-state index in [0.29, 0.717) is 19.8 Å². The van der Waals surface area contributed by atoms with E-state index >= 15 is 0 Å². The van der Waals surface area contributed by atoms with E-state index < -0.39 is 0 Å². The van der Waals surface area contributed by atoms with Crippen molar-refractivity contribution >= 4 is 18.6 Å². The molecule has 0 radical (unpaired) electrons. The molecule has 0 bridgehead atoms. The molecule has 13 heavy (non-hydrogen) atoms. The molecular formula is C9H18O3S. The largest absolute Gasteiger partial charge is 0.462 e. The fourth-order valence-corrected chi connectivity index (χ4v) is 0.778. The molecule has 4 heteroatoms. The van der Waals surface area contributed by atoms with Gasteiger partial charge in [-0.25, -0.2) is 0 Å². The number of rotatable bonds is 6. The Kier molecular flexibility index (Phi) is 7.09. The van der Waals surface area contributed by atoms with Crippen LogP contribution in [0.5, 0.6) is 0 Å². The van der Waals surface area contributed by atoms with Gasteiger partial charge in [-0.2, -0.15) is 12.6 Å². The number of esters is 1. The maximum Gasteiger partial charge on any atom is 0.319 e. The van der Waals surface area contributed by atoms with E-state index in [9.17, 15) is 4.79 Å². The SMILES string of the molecule is CCOCCOC(=O)C(S)C(C)C. The molecule has 0 aliphatic heterocycles. The molecule has 0 aliphatic carbocycles. The Labute approximate surface area is 85.2 Å². The molecule has 0 aromatic carbocycles. The highest BCUT2D eigenvalue weighted by Gasteiger charge is 2.18. The normalized spacial score (nSPS) is 13.0. The predicted molar refractivity (Wildman–Crippen MR) is 55.1 cm³/mol. The van der Waals surface area contributed by atoms with Crippen LogP contribution < -0.4 is 0 Å². The molecule has 0 aromatic rings. The van der Waals surface area contributed by atoms with Crippen LogP contribution in [-0.4, -0.2) is 31.0 Å². The molecule has 0 N–H and O–H groups in total. The summed E-state index contributed by atoms with van der Waals surface area (Å²) in [6, 6.07) is 0. The van der Waals surface area contributed by atoms with Gasteiger partial charge in [-0.1, -0.05) is 13.8 Å². The number of hydrogen-bond donors (Lipinski definition) is 1. The Morgan fingerprint density at radius 1 is 1.38 bits per heavy atom. The summed E-state index contributed by atoms with van der Waals surface area (Å²) in [4.78, 5) is 11.2. The Hall–Kier alpha value is -0.220. The molecule has 0 rings (SSSR count). The van der Waals surface area contributed by atoms with Crippen LogP contribution in [0.4, 0.5) is 0 Å². The zero-order chi connectivity index (χ0) is 10.3. The lowest BCUT2D eigenvalue weighted by atomic mass is 10.1. The van der Waals surface area contributed by atoms with Crippen molar-refractivity contribution in [1.82, 2.24) is 0 Å². The molecule has 0 amide bonds. The van der Waals surface area contributed by atoms with E-state index in [1.54, 1.807) is 0 Å². The number of carbonyl (C=O) groups is 1. The van der Waals surface area contributed by atoms with Crippen LogP contribution in [0.3, 0.4) is 0 Å². The van der Waals surface area contributed by atoms with E-state index in [1.807, 2.05) is 20.8 Å². The third kappa shape index (κ3) is 5.93. The van der Waals surface area contributed by atoms with Crippen molar-refractivity contribution in [3.05, 3.63) is 0 Å². The molecule has 1 atom stereocenters. The van der Waals surface area contributed by atoms with E-state index in [4.69, 9.17) is 9.47 Å². The first-order valence-corrected chi connectivity index (χ1v) is 5.03. The van der Waals surface area contributed by atoms with Crippen LogP contribution in [0.1, 0.15) is 20.8 Å². The molecule has 0 spiro atoms. The first kappa shape index (κ1) is 12.8. The summed E-state index contributed by atoms with van der Waals surface area (Å²) in [5.41, 5.74) is 0. The first-order chi connectivity index (χ1) is 6.09. The van der Waals surface area contributed by atoms with E-state index in [0.717, 1.165) is 0 Å². The number of thiol groups is 1. The summed E-state index contributed by atoms with van der Waals surface area (Å²) in [7, 11) is 0. The highest BCUT2D eigenvalue weighted by molar-refractivity contribution is 7.81. The molecule has 0 saturated heterocycles. The van der Waals surface area contributed by atoms with E-state index in [-0.39, 0.29) is 17.1 Å². The van der Waals surface area contributed by atoms with Crippen LogP contribution >= 0.6 is 12.6 Å². The Morgan fingerprint density at radius 2 is 2.00 bits per heavy atom. The highest BCUT2D eigenvalue weighted by Crippen LogP contribution is 2.10. The van der Waals surface area contributed by atoms with Gasteiger partial charge in [0.05, 0.1) is 6.61 Å². The second kappa shape index (κ2) is 7.21. The lowest BCUT2D eigenvalue weighted by molar-refractivity contribution is -0.145. The minimum Gasteiger partial charge on any atom is -0.462 e. The lowest BCUT2D eigenvalue weighted by Gasteiger charge is -2.13. The van der Waals surface area contributed by atoms with Gasteiger partial charge in [-0.15, -0.1) is 0 Å². The van der Waals surface area contributed by atoms with E-state index in [2.05, 4.69) is 12.6 Å². The molecule has 78 valence electrons. The van der Waals surface area contributed by atoms with Crippen molar-refractivity contribution in [3.8, 4) is 0 Å². The van der Waals surface area contributed by atoms with Gasteiger partial charge >= 0.3 is 5.97 Å². The van der Waals surface area contributed by atoms with Gasteiger partial charge in [0.25, 0.3) is 0 Å². The monoisotopic (exact) mass is 206 g/mol. The minimum absolute atomic E-state index is 0.197. The Morgan fingerprint density at radius 3 is 2.46 bits per heavy atom. The number of carbonyl (C=O) groups excluding carboxylic acids is 1. The first-order valence-electron chi connectivity index (χ1n) is 4.52. The van der Waals surface area contributed by atoms with Crippen molar-refractivity contribution in [2.24, 2.45) is 5.92 Å². The van der Waals surface area contributed by atoms with Gasteiger partial charge in [-0.05, 0) is 12.8 Å². The summed E-state index contributed by atoms with van der Waals surface area (Å²) < 4.78 is 9.95. The fraction of sp³-hybridized carbons (Fsp3) is 0.889. The highest BCUT2D eigenvalue weighted by atomic mass is 32.1. The van der Waals surface area contributed by atoms with Crippen LogP contribution in [0, 0.1) is 5.92 Å². The standard InChI is InChI=1S/C9H18O3S/c1-4-11-5-6-12-9(10)8(13)7(2)3/h7-8,13H,4-6H2,1-3H3. The quantitative estimate of drug-likeness (QED) is 0.406. The smallest absolute Gasteiger partial charge is 0.319 e. The average Bonchev–Trinajstić information content (AvgIpc) is 2.10. The Bertz CT molecular complexity index is 148. The van der Waals surface area contributed by atoms with Gasteiger partial charge in [0, 0.05) is 6.61 Å². The zero-order valence-corrected chi connectivity index (χ0v) is 9.34. The van der Waals surface area contributed by atoms with Crippen molar-refractivity contribution in [3.63, 3.8) is 0 Å². The maximum atomic E-state index is 11.2. The van der Waals surface area contributed by atoms with Crippen molar-refractivity contribution in [2.75, 3.05) is 19.8 Å². The van der Waals surface area contributed by atoms with Gasteiger partial charge in [0.1, 0.15) is 11.9 Å². The molecule has 0 saturated carbocycles. The molecule has 0 heterocycles. The predicted octanol–water partition coefficient (Wildman–Crippen LogP) is 1.52. The maximum absolute atomic E-state index is 11.2. The van der Waals surface area contributed by atoms with Crippen LogP contribution in [0.2, 0.25) is 0 Å².